The van der Waals surface area contributed by atoms with Crippen LogP contribution in [0, 0.1) is 18.3 Å². The largest absolute Gasteiger partial charge is 0.496 e. The Labute approximate surface area is 127 Å². The number of hydrogen-bond donors (Lipinski definition) is 0. The third kappa shape index (κ3) is 5.15. The highest BCUT2D eigenvalue weighted by Gasteiger charge is 2.13. The molecule has 0 aliphatic heterocycles. The molecule has 0 heterocycles. The van der Waals surface area contributed by atoms with Crippen LogP contribution in [0.4, 0.5) is 0 Å². The van der Waals surface area contributed by atoms with E-state index in [1.54, 1.807) is 7.11 Å². The van der Waals surface area contributed by atoms with E-state index in [4.69, 9.17) is 15.9 Å². The van der Waals surface area contributed by atoms with Crippen LogP contribution in [0.15, 0.2) is 12.1 Å². The first-order valence-corrected chi connectivity index (χ1v) is 7.41. The molecule has 3 nitrogen and oxygen atoms in total. The number of aldehydes is 1. The molecule has 1 rings (SSSR count). The number of ether oxygens (including phenoxy) is 2. The SMILES string of the molecule is C#CC(C)COc1cc(CCCCC)cc(OC)c1C=O. The molecule has 114 valence electrons. The molecule has 3 heteroatoms. The Bertz CT molecular complexity index is 500. The number of unbranched alkanes of at least 4 members (excludes halogenated alkanes) is 2. The van der Waals surface area contributed by atoms with Gasteiger partial charge in [0.25, 0.3) is 0 Å². The van der Waals surface area contributed by atoms with Crippen LogP contribution in [-0.4, -0.2) is 20.0 Å². The number of hydrogen-bond acceptors (Lipinski definition) is 3. The first-order chi connectivity index (χ1) is 10.2. The van der Waals surface area contributed by atoms with Crippen molar-refractivity contribution in [2.24, 2.45) is 5.92 Å². The summed E-state index contributed by atoms with van der Waals surface area (Å²) in [5.74, 6) is 3.72. The molecule has 0 amide bonds. The summed E-state index contributed by atoms with van der Waals surface area (Å²) < 4.78 is 11.0. The van der Waals surface area contributed by atoms with Gasteiger partial charge in [-0.15, -0.1) is 12.3 Å². The van der Waals surface area contributed by atoms with Gasteiger partial charge in [-0.05, 0) is 37.5 Å². The van der Waals surface area contributed by atoms with E-state index in [1.807, 2.05) is 19.1 Å². The van der Waals surface area contributed by atoms with Crippen LogP contribution in [0.25, 0.3) is 0 Å². The van der Waals surface area contributed by atoms with E-state index in [9.17, 15) is 4.79 Å². The van der Waals surface area contributed by atoms with Crippen molar-refractivity contribution in [3.05, 3.63) is 23.3 Å². The zero-order chi connectivity index (χ0) is 15.7. The maximum atomic E-state index is 11.3. The van der Waals surface area contributed by atoms with E-state index >= 15 is 0 Å². The highest BCUT2D eigenvalue weighted by Crippen LogP contribution is 2.30. The topological polar surface area (TPSA) is 35.5 Å². The Morgan fingerprint density at radius 2 is 2.05 bits per heavy atom. The molecule has 0 bridgehead atoms. The minimum Gasteiger partial charge on any atom is -0.496 e. The molecule has 21 heavy (non-hydrogen) atoms. The number of benzene rings is 1. The average Bonchev–Trinajstić information content (AvgIpc) is 2.52. The van der Waals surface area contributed by atoms with Gasteiger partial charge in [-0.25, -0.2) is 0 Å². The summed E-state index contributed by atoms with van der Waals surface area (Å²) in [4.78, 5) is 11.3. The fraction of sp³-hybridized carbons (Fsp3) is 0.500. The second kappa shape index (κ2) is 9.07. The summed E-state index contributed by atoms with van der Waals surface area (Å²) in [6.45, 7) is 4.47. The second-order valence-electron chi connectivity index (χ2n) is 5.16. The Kier molecular flexibility index (Phi) is 7.39. The molecular formula is C18H24O3. The molecule has 1 aromatic carbocycles. The number of terminal acetylenes is 1. The van der Waals surface area contributed by atoms with Crippen LogP contribution in [0.1, 0.15) is 49.0 Å². The van der Waals surface area contributed by atoms with Gasteiger partial charge in [0.05, 0.1) is 18.6 Å². The monoisotopic (exact) mass is 288 g/mol. The number of rotatable bonds is 9. The van der Waals surface area contributed by atoms with Crippen LogP contribution in [0.5, 0.6) is 11.5 Å². The Balaban J connectivity index is 2.98. The lowest BCUT2D eigenvalue weighted by Gasteiger charge is -2.15. The van der Waals surface area contributed by atoms with Gasteiger partial charge in [0.15, 0.2) is 6.29 Å². The molecule has 0 fully saturated rings. The summed E-state index contributed by atoms with van der Waals surface area (Å²) >= 11 is 0. The first kappa shape index (κ1) is 17.1. The number of methoxy groups -OCH3 is 1. The average molecular weight is 288 g/mol. The van der Waals surface area contributed by atoms with Gasteiger partial charge in [0.2, 0.25) is 0 Å². The summed E-state index contributed by atoms with van der Waals surface area (Å²) in [7, 11) is 1.56. The maximum absolute atomic E-state index is 11.3. The van der Waals surface area contributed by atoms with Crippen molar-refractivity contribution < 1.29 is 14.3 Å². The van der Waals surface area contributed by atoms with Crippen molar-refractivity contribution >= 4 is 6.29 Å². The molecule has 0 saturated carbocycles. The lowest BCUT2D eigenvalue weighted by Crippen LogP contribution is -2.08. The number of carbonyl (C=O) groups excluding carboxylic acids is 1. The minimum atomic E-state index is -0.000700. The number of carbonyl (C=O) groups is 1. The quantitative estimate of drug-likeness (QED) is 0.393. The van der Waals surface area contributed by atoms with Crippen LogP contribution in [-0.2, 0) is 6.42 Å². The first-order valence-electron chi connectivity index (χ1n) is 7.41. The lowest BCUT2D eigenvalue weighted by atomic mass is 10.0. The standard InChI is InChI=1S/C18H24O3/c1-5-7-8-9-15-10-17(20-4)16(12-19)18(11-15)21-13-14(3)6-2/h2,10-12,14H,5,7-9,13H2,1,3-4H3. The van der Waals surface area contributed by atoms with Gasteiger partial charge >= 0.3 is 0 Å². The highest BCUT2D eigenvalue weighted by molar-refractivity contribution is 5.84. The lowest BCUT2D eigenvalue weighted by molar-refractivity contribution is 0.111. The van der Waals surface area contributed by atoms with Gasteiger partial charge in [-0.3, -0.25) is 4.79 Å². The zero-order valence-corrected chi connectivity index (χ0v) is 13.1. The number of aryl methyl sites for hydroxylation is 1. The molecule has 1 atom stereocenters. The third-order valence-electron chi connectivity index (χ3n) is 3.34. The predicted molar refractivity (Wildman–Crippen MR) is 85.1 cm³/mol. The van der Waals surface area contributed by atoms with E-state index in [0.717, 1.165) is 24.7 Å². The van der Waals surface area contributed by atoms with Crippen molar-refractivity contribution in [1.82, 2.24) is 0 Å². The second-order valence-corrected chi connectivity index (χ2v) is 5.16. The molecule has 0 spiro atoms. The van der Waals surface area contributed by atoms with Crippen molar-refractivity contribution in [1.29, 1.82) is 0 Å². The molecule has 0 saturated heterocycles. The summed E-state index contributed by atoms with van der Waals surface area (Å²) in [6.07, 6.45) is 10.5. The summed E-state index contributed by atoms with van der Waals surface area (Å²) in [5.41, 5.74) is 1.57. The van der Waals surface area contributed by atoms with Crippen LogP contribution in [0.2, 0.25) is 0 Å². The molecule has 0 aliphatic carbocycles. The van der Waals surface area contributed by atoms with Gasteiger partial charge < -0.3 is 9.47 Å². The Morgan fingerprint density at radius 1 is 1.33 bits per heavy atom. The molecule has 0 radical (unpaired) electrons. The normalized spacial score (nSPS) is 11.5. The van der Waals surface area contributed by atoms with E-state index < -0.39 is 0 Å². The van der Waals surface area contributed by atoms with Gasteiger partial charge in [0.1, 0.15) is 18.1 Å². The zero-order valence-electron chi connectivity index (χ0n) is 13.1. The van der Waals surface area contributed by atoms with Crippen LogP contribution >= 0.6 is 0 Å². The smallest absolute Gasteiger partial charge is 0.157 e. The minimum absolute atomic E-state index is 0.000700. The molecule has 0 aliphatic rings. The van der Waals surface area contributed by atoms with Crippen molar-refractivity contribution in [3.8, 4) is 23.8 Å². The van der Waals surface area contributed by atoms with Gasteiger partial charge in [0, 0.05) is 0 Å². The van der Waals surface area contributed by atoms with Crippen LogP contribution in [0.3, 0.4) is 0 Å². The molecular weight excluding hydrogens is 264 g/mol. The van der Waals surface area contributed by atoms with E-state index in [0.29, 0.717) is 23.7 Å². The predicted octanol–water partition coefficient (Wildman–Crippen LogP) is 3.89. The van der Waals surface area contributed by atoms with Gasteiger partial charge in [-0.2, -0.15) is 0 Å². The fourth-order valence-electron chi connectivity index (χ4n) is 2.05. The van der Waals surface area contributed by atoms with E-state index in [-0.39, 0.29) is 5.92 Å². The molecule has 1 aromatic rings. The van der Waals surface area contributed by atoms with Crippen LogP contribution < -0.4 is 9.47 Å². The van der Waals surface area contributed by atoms with E-state index in [1.165, 1.54) is 12.8 Å². The Hall–Kier alpha value is -1.95. The third-order valence-corrected chi connectivity index (χ3v) is 3.34. The van der Waals surface area contributed by atoms with Gasteiger partial charge in [-0.1, -0.05) is 19.8 Å². The Morgan fingerprint density at radius 3 is 2.62 bits per heavy atom. The molecule has 0 aromatic heterocycles. The summed E-state index contributed by atoms with van der Waals surface area (Å²) in [6, 6.07) is 3.84. The van der Waals surface area contributed by atoms with Crippen molar-refractivity contribution in [3.63, 3.8) is 0 Å². The maximum Gasteiger partial charge on any atom is 0.157 e. The fourth-order valence-corrected chi connectivity index (χ4v) is 2.05. The van der Waals surface area contributed by atoms with Crippen molar-refractivity contribution in [2.75, 3.05) is 13.7 Å². The summed E-state index contributed by atoms with van der Waals surface area (Å²) in [5, 5.41) is 0. The van der Waals surface area contributed by atoms with Crippen molar-refractivity contribution in [2.45, 2.75) is 39.5 Å². The molecule has 1 unspecified atom stereocenters. The molecule has 0 N–H and O–H groups in total. The highest BCUT2D eigenvalue weighted by atomic mass is 16.5. The van der Waals surface area contributed by atoms with E-state index in [2.05, 4.69) is 12.8 Å².